The molecule has 0 saturated heterocycles. The van der Waals surface area contributed by atoms with Gasteiger partial charge in [0.05, 0.1) is 26.5 Å². The van der Waals surface area contributed by atoms with Gasteiger partial charge in [-0.3, -0.25) is 14.4 Å². The minimum absolute atomic E-state index is 0.242. The van der Waals surface area contributed by atoms with Gasteiger partial charge in [-0.15, -0.1) is 0 Å². The van der Waals surface area contributed by atoms with Gasteiger partial charge in [0, 0.05) is 11.8 Å². The molecule has 0 fully saturated rings. The molecular formula is C27H28N4O6. The largest absolute Gasteiger partial charge is 0.497 e. The van der Waals surface area contributed by atoms with E-state index in [1.165, 1.54) is 13.3 Å². The normalized spacial score (nSPS) is 11.3. The number of anilines is 1. The highest BCUT2D eigenvalue weighted by Crippen LogP contribution is 2.27. The first-order chi connectivity index (χ1) is 17.9. The van der Waals surface area contributed by atoms with E-state index < -0.39 is 11.8 Å². The van der Waals surface area contributed by atoms with Crippen LogP contribution < -0.4 is 30.3 Å². The number of hydrogen-bond acceptors (Lipinski definition) is 7. The van der Waals surface area contributed by atoms with E-state index in [4.69, 9.17) is 14.2 Å². The first kappa shape index (κ1) is 26.7. The zero-order valence-corrected chi connectivity index (χ0v) is 20.7. The molecule has 10 nitrogen and oxygen atoms in total. The molecule has 0 heterocycles. The van der Waals surface area contributed by atoms with Crippen LogP contribution in [0.15, 0.2) is 77.9 Å². The van der Waals surface area contributed by atoms with Crippen molar-refractivity contribution in [1.82, 2.24) is 10.7 Å². The molecule has 0 aliphatic rings. The van der Waals surface area contributed by atoms with Crippen molar-refractivity contribution in [2.75, 3.05) is 26.1 Å². The van der Waals surface area contributed by atoms with Gasteiger partial charge < -0.3 is 24.8 Å². The van der Waals surface area contributed by atoms with Crippen molar-refractivity contribution in [3.63, 3.8) is 0 Å². The number of methoxy groups -OCH3 is 2. The lowest BCUT2D eigenvalue weighted by molar-refractivity contribution is -0.139. The first-order valence-electron chi connectivity index (χ1n) is 11.3. The molecule has 1 atom stereocenters. The molecule has 0 radical (unpaired) electrons. The summed E-state index contributed by atoms with van der Waals surface area (Å²) in [5.74, 6) is -0.729. The third-order valence-corrected chi connectivity index (χ3v) is 5.13. The van der Waals surface area contributed by atoms with Crippen LogP contribution in [-0.2, 0) is 14.4 Å². The number of rotatable bonds is 10. The summed E-state index contributed by atoms with van der Waals surface area (Å²) in [6.07, 6.45) is 1.35. The van der Waals surface area contributed by atoms with Gasteiger partial charge in [0.25, 0.3) is 5.91 Å². The Bertz CT molecular complexity index is 1260. The number of nitrogens with one attached hydrogen (secondary N) is 3. The summed E-state index contributed by atoms with van der Waals surface area (Å²) in [7, 11) is 3.00. The smallest absolute Gasteiger partial charge is 0.329 e. The molecular weight excluding hydrogens is 476 g/mol. The van der Waals surface area contributed by atoms with Crippen molar-refractivity contribution in [3.05, 3.63) is 83.9 Å². The number of amides is 3. The Morgan fingerprint density at radius 1 is 0.892 bits per heavy atom. The lowest BCUT2D eigenvalue weighted by atomic mass is 10.1. The van der Waals surface area contributed by atoms with E-state index >= 15 is 0 Å². The number of nitrogens with zero attached hydrogens (tertiary/aromatic N) is 1. The second-order valence-corrected chi connectivity index (χ2v) is 7.78. The summed E-state index contributed by atoms with van der Waals surface area (Å²) in [4.78, 5) is 36.4. The Kier molecular flexibility index (Phi) is 9.60. The summed E-state index contributed by atoms with van der Waals surface area (Å²) in [6.45, 7) is 1.54. The van der Waals surface area contributed by atoms with Gasteiger partial charge in [0.15, 0.2) is 18.1 Å². The van der Waals surface area contributed by atoms with E-state index in [0.717, 1.165) is 5.56 Å². The van der Waals surface area contributed by atoms with E-state index in [-0.39, 0.29) is 18.6 Å². The quantitative estimate of drug-likeness (QED) is 0.221. The van der Waals surface area contributed by atoms with Gasteiger partial charge in [-0.05, 0) is 48.4 Å². The molecule has 3 aromatic rings. The first-order valence-corrected chi connectivity index (χ1v) is 11.3. The molecule has 10 heteroatoms. The molecule has 37 heavy (non-hydrogen) atoms. The summed E-state index contributed by atoms with van der Waals surface area (Å²) in [5, 5.41) is 9.17. The van der Waals surface area contributed by atoms with E-state index in [1.54, 1.807) is 56.5 Å². The predicted octanol–water partition coefficient (Wildman–Crippen LogP) is 3.05. The molecule has 0 aliphatic carbocycles. The van der Waals surface area contributed by atoms with Crippen LogP contribution in [0.2, 0.25) is 0 Å². The van der Waals surface area contributed by atoms with Crippen LogP contribution in [0.25, 0.3) is 0 Å². The minimum atomic E-state index is -0.895. The number of ether oxygens (including phenoxy) is 3. The van der Waals surface area contributed by atoms with Crippen LogP contribution in [0, 0.1) is 0 Å². The fraction of sp³-hybridized carbons (Fsp3) is 0.185. The number of carbonyl (C=O) groups is 3. The zero-order valence-electron chi connectivity index (χ0n) is 20.7. The van der Waals surface area contributed by atoms with Crippen LogP contribution in [-0.4, -0.2) is 44.8 Å². The van der Waals surface area contributed by atoms with Crippen molar-refractivity contribution in [3.8, 4) is 17.2 Å². The monoisotopic (exact) mass is 504 g/mol. The molecule has 3 rings (SSSR count). The highest BCUT2D eigenvalue weighted by molar-refractivity contribution is 6.35. The fourth-order valence-electron chi connectivity index (χ4n) is 3.23. The lowest BCUT2D eigenvalue weighted by Gasteiger charge is -2.13. The summed E-state index contributed by atoms with van der Waals surface area (Å²) in [5.41, 5.74) is 4.22. The maximum Gasteiger partial charge on any atom is 0.329 e. The third kappa shape index (κ3) is 8.10. The number of hydrogen-bond donors (Lipinski definition) is 3. The zero-order chi connectivity index (χ0) is 26.6. The number of carbonyl (C=O) groups excluding carboxylic acids is 3. The minimum Gasteiger partial charge on any atom is -0.497 e. The van der Waals surface area contributed by atoms with Crippen molar-refractivity contribution < 1.29 is 28.6 Å². The average molecular weight is 505 g/mol. The van der Waals surface area contributed by atoms with E-state index in [1.807, 2.05) is 30.3 Å². The van der Waals surface area contributed by atoms with Crippen LogP contribution in [0.1, 0.15) is 24.1 Å². The van der Waals surface area contributed by atoms with Crippen molar-refractivity contribution in [1.29, 1.82) is 0 Å². The summed E-state index contributed by atoms with van der Waals surface area (Å²) >= 11 is 0. The fourth-order valence-corrected chi connectivity index (χ4v) is 3.23. The molecule has 3 aromatic carbocycles. The van der Waals surface area contributed by atoms with Gasteiger partial charge in [-0.2, -0.15) is 5.10 Å². The predicted molar refractivity (Wildman–Crippen MR) is 139 cm³/mol. The lowest BCUT2D eigenvalue weighted by Crippen LogP contribution is -2.39. The van der Waals surface area contributed by atoms with Crippen molar-refractivity contribution >= 4 is 29.6 Å². The molecule has 192 valence electrons. The standard InChI is InChI=1S/C27H28N4O6/c1-18(20-8-5-4-6-9-20)29-26(33)27(34)31-28-16-19-12-13-23(24(14-19)36-3)37-17-25(32)30-21-10-7-11-22(15-21)35-2/h4-16,18H,17H2,1-3H3,(H,29,33)(H,30,32)(H,31,34)/b28-16+. The van der Waals surface area contributed by atoms with Crippen LogP contribution in [0.4, 0.5) is 5.69 Å². The maximum atomic E-state index is 12.2. The van der Waals surface area contributed by atoms with Crippen molar-refractivity contribution in [2.45, 2.75) is 13.0 Å². The molecule has 0 bridgehead atoms. The van der Waals surface area contributed by atoms with Crippen LogP contribution in [0.3, 0.4) is 0 Å². The number of hydrazone groups is 1. The van der Waals surface area contributed by atoms with Gasteiger partial charge in [-0.1, -0.05) is 36.4 Å². The molecule has 0 aliphatic heterocycles. The van der Waals surface area contributed by atoms with E-state index in [0.29, 0.717) is 28.5 Å². The van der Waals surface area contributed by atoms with Gasteiger partial charge in [-0.25, -0.2) is 5.43 Å². The SMILES string of the molecule is COc1cccc(NC(=O)COc2ccc(/C=N/NC(=O)C(=O)NC(C)c3ccccc3)cc2OC)c1. The Labute approximate surface area is 214 Å². The van der Waals surface area contributed by atoms with Crippen LogP contribution in [0.5, 0.6) is 17.2 Å². The number of benzene rings is 3. The second kappa shape index (κ2) is 13.3. The van der Waals surface area contributed by atoms with Crippen LogP contribution >= 0.6 is 0 Å². The summed E-state index contributed by atoms with van der Waals surface area (Å²) in [6, 6.07) is 20.8. The molecule has 0 saturated carbocycles. The highest BCUT2D eigenvalue weighted by Gasteiger charge is 2.16. The van der Waals surface area contributed by atoms with Crippen molar-refractivity contribution in [2.24, 2.45) is 5.10 Å². The maximum absolute atomic E-state index is 12.2. The Morgan fingerprint density at radius 3 is 2.41 bits per heavy atom. The summed E-state index contributed by atoms with van der Waals surface area (Å²) < 4.78 is 16.1. The van der Waals surface area contributed by atoms with E-state index in [2.05, 4.69) is 21.2 Å². The Hall–Kier alpha value is -4.86. The molecule has 1 unspecified atom stereocenters. The molecule has 0 spiro atoms. The molecule has 0 aromatic heterocycles. The highest BCUT2D eigenvalue weighted by atomic mass is 16.5. The third-order valence-electron chi connectivity index (χ3n) is 5.13. The Balaban J connectivity index is 1.51. The second-order valence-electron chi connectivity index (χ2n) is 7.78. The van der Waals surface area contributed by atoms with Gasteiger partial charge >= 0.3 is 11.8 Å². The molecule has 3 N–H and O–H groups in total. The average Bonchev–Trinajstić information content (AvgIpc) is 2.92. The Morgan fingerprint density at radius 2 is 1.68 bits per heavy atom. The molecule has 3 amide bonds. The van der Waals surface area contributed by atoms with Gasteiger partial charge in [0.1, 0.15) is 5.75 Å². The topological polar surface area (TPSA) is 127 Å². The van der Waals surface area contributed by atoms with E-state index in [9.17, 15) is 14.4 Å². The van der Waals surface area contributed by atoms with Gasteiger partial charge in [0.2, 0.25) is 0 Å².